The van der Waals surface area contributed by atoms with Crippen molar-refractivity contribution in [1.82, 2.24) is 15.0 Å². The minimum absolute atomic E-state index is 0.165. The molecule has 2 aromatic heterocycles. The molecule has 2 aromatic rings. The highest BCUT2D eigenvalue weighted by atomic mass is 79.9. The number of pyridine rings is 1. The molecule has 7 heteroatoms. The first-order chi connectivity index (χ1) is 9.47. The molecule has 0 aliphatic carbocycles. The van der Waals surface area contributed by atoms with Gasteiger partial charge in [0.2, 0.25) is 0 Å². The SMILES string of the molecule is Cc1nc(C)c(C(=O)O)c(SCc2ccc(Br)cn2)n1. The third kappa shape index (κ3) is 3.55. The van der Waals surface area contributed by atoms with Gasteiger partial charge in [0.25, 0.3) is 0 Å². The van der Waals surface area contributed by atoms with E-state index in [1.807, 2.05) is 12.1 Å². The van der Waals surface area contributed by atoms with Crippen LogP contribution in [0.1, 0.15) is 27.6 Å². The Hall–Kier alpha value is -1.47. The van der Waals surface area contributed by atoms with Gasteiger partial charge < -0.3 is 5.11 Å². The molecule has 5 nitrogen and oxygen atoms in total. The van der Waals surface area contributed by atoms with Crippen molar-refractivity contribution in [1.29, 1.82) is 0 Å². The predicted molar refractivity (Wildman–Crippen MR) is 80.0 cm³/mol. The number of nitrogens with zero attached hydrogens (tertiary/aromatic N) is 3. The van der Waals surface area contributed by atoms with Gasteiger partial charge in [0.15, 0.2) is 0 Å². The Kier molecular flexibility index (Phi) is 4.72. The Labute approximate surface area is 129 Å². The largest absolute Gasteiger partial charge is 0.478 e. The number of hydrogen-bond acceptors (Lipinski definition) is 5. The second-order valence-electron chi connectivity index (χ2n) is 4.10. The Morgan fingerprint density at radius 3 is 2.70 bits per heavy atom. The van der Waals surface area contributed by atoms with Gasteiger partial charge in [0.05, 0.1) is 11.4 Å². The monoisotopic (exact) mass is 353 g/mol. The summed E-state index contributed by atoms with van der Waals surface area (Å²) in [6.45, 7) is 3.43. The predicted octanol–water partition coefficient (Wildman–Crippen LogP) is 3.24. The van der Waals surface area contributed by atoms with Gasteiger partial charge in [0.1, 0.15) is 16.4 Å². The first-order valence-corrected chi connectivity index (χ1v) is 7.57. The maximum Gasteiger partial charge on any atom is 0.340 e. The smallest absolute Gasteiger partial charge is 0.340 e. The van der Waals surface area contributed by atoms with Crippen LogP contribution in [0.15, 0.2) is 27.8 Å². The molecule has 2 rings (SSSR count). The Bertz CT molecular complexity index is 647. The van der Waals surface area contributed by atoms with Gasteiger partial charge in [-0.15, -0.1) is 0 Å². The average Bonchev–Trinajstić information content (AvgIpc) is 2.36. The summed E-state index contributed by atoms with van der Waals surface area (Å²) >= 11 is 4.68. The summed E-state index contributed by atoms with van der Waals surface area (Å²) in [5.74, 6) is 0.122. The molecule has 0 aliphatic heterocycles. The number of carboxylic acids is 1. The number of hydrogen-bond donors (Lipinski definition) is 1. The van der Waals surface area contributed by atoms with E-state index in [1.54, 1.807) is 20.0 Å². The second-order valence-corrected chi connectivity index (χ2v) is 5.98. The molecule has 0 aliphatic rings. The van der Waals surface area contributed by atoms with E-state index in [4.69, 9.17) is 0 Å². The van der Waals surface area contributed by atoms with Crippen molar-refractivity contribution < 1.29 is 9.90 Å². The van der Waals surface area contributed by atoms with Crippen molar-refractivity contribution in [2.24, 2.45) is 0 Å². The highest BCUT2D eigenvalue weighted by Crippen LogP contribution is 2.26. The lowest BCUT2D eigenvalue weighted by atomic mass is 10.2. The van der Waals surface area contributed by atoms with Gasteiger partial charge >= 0.3 is 5.97 Å². The molecule has 0 saturated heterocycles. The minimum Gasteiger partial charge on any atom is -0.478 e. The highest BCUT2D eigenvalue weighted by molar-refractivity contribution is 9.10. The topological polar surface area (TPSA) is 76.0 Å². The maximum absolute atomic E-state index is 11.3. The summed E-state index contributed by atoms with van der Waals surface area (Å²) in [7, 11) is 0. The number of carboxylic acid groups (broad SMARTS) is 1. The Morgan fingerprint density at radius 1 is 1.35 bits per heavy atom. The molecule has 0 atom stereocenters. The van der Waals surface area contributed by atoms with Crippen molar-refractivity contribution in [2.75, 3.05) is 0 Å². The second kappa shape index (κ2) is 6.32. The Morgan fingerprint density at radius 2 is 2.10 bits per heavy atom. The number of halogens is 1. The lowest BCUT2D eigenvalue weighted by Gasteiger charge is -2.08. The van der Waals surface area contributed by atoms with Crippen molar-refractivity contribution in [2.45, 2.75) is 24.6 Å². The first-order valence-electron chi connectivity index (χ1n) is 5.79. The van der Waals surface area contributed by atoms with Crippen LogP contribution < -0.4 is 0 Å². The van der Waals surface area contributed by atoms with Crippen molar-refractivity contribution in [3.63, 3.8) is 0 Å². The van der Waals surface area contributed by atoms with Gasteiger partial charge in [-0.3, -0.25) is 4.98 Å². The van der Waals surface area contributed by atoms with Crippen LogP contribution in [0.3, 0.4) is 0 Å². The van der Waals surface area contributed by atoms with Crippen LogP contribution in [0.25, 0.3) is 0 Å². The van der Waals surface area contributed by atoms with Gasteiger partial charge in [-0.1, -0.05) is 11.8 Å². The molecule has 0 amide bonds. The van der Waals surface area contributed by atoms with E-state index in [2.05, 4.69) is 30.9 Å². The third-order valence-corrected chi connectivity index (χ3v) is 4.01. The third-order valence-electron chi connectivity index (χ3n) is 2.53. The zero-order valence-electron chi connectivity index (χ0n) is 10.9. The van der Waals surface area contributed by atoms with E-state index >= 15 is 0 Å². The summed E-state index contributed by atoms with van der Waals surface area (Å²) in [5, 5.41) is 9.73. The first kappa shape index (κ1) is 14.9. The van der Waals surface area contributed by atoms with E-state index < -0.39 is 5.97 Å². The maximum atomic E-state index is 11.3. The lowest BCUT2D eigenvalue weighted by molar-refractivity contribution is 0.0690. The number of aryl methyl sites for hydroxylation is 2. The number of rotatable bonds is 4. The fourth-order valence-electron chi connectivity index (χ4n) is 1.67. The van der Waals surface area contributed by atoms with Crippen LogP contribution in [-0.4, -0.2) is 26.0 Å². The molecule has 0 fully saturated rings. The quantitative estimate of drug-likeness (QED) is 0.671. The molecular formula is C13H12BrN3O2S. The minimum atomic E-state index is -1.01. The van der Waals surface area contributed by atoms with E-state index in [9.17, 15) is 9.90 Å². The highest BCUT2D eigenvalue weighted by Gasteiger charge is 2.17. The molecule has 20 heavy (non-hydrogen) atoms. The molecule has 1 N–H and O–H groups in total. The van der Waals surface area contributed by atoms with Crippen LogP contribution in [-0.2, 0) is 5.75 Å². The van der Waals surface area contributed by atoms with E-state index in [-0.39, 0.29) is 5.56 Å². The average molecular weight is 354 g/mol. The van der Waals surface area contributed by atoms with Crippen LogP contribution in [0.4, 0.5) is 0 Å². The van der Waals surface area contributed by atoms with Crippen molar-refractivity contribution in [3.05, 3.63) is 45.6 Å². The molecule has 104 valence electrons. The van der Waals surface area contributed by atoms with Gasteiger partial charge in [0, 0.05) is 16.4 Å². The van der Waals surface area contributed by atoms with Gasteiger partial charge in [-0.05, 0) is 41.9 Å². The van der Waals surface area contributed by atoms with Gasteiger partial charge in [-0.25, -0.2) is 14.8 Å². The zero-order valence-corrected chi connectivity index (χ0v) is 13.3. The molecule has 0 aromatic carbocycles. The van der Waals surface area contributed by atoms with Crippen LogP contribution in [0.5, 0.6) is 0 Å². The molecule has 0 radical (unpaired) electrons. The van der Waals surface area contributed by atoms with E-state index in [1.165, 1.54) is 11.8 Å². The summed E-state index contributed by atoms with van der Waals surface area (Å²) in [6, 6.07) is 3.79. The summed E-state index contributed by atoms with van der Waals surface area (Å²) < 4.78 is 0.909. The molecule has 0 unspecified atom stereocenters. The van der Waals surface area contributed by atoms with E-state index in [0.29, 0.717) is 22.3 Å². The standard InChI is InChI=1S/C13H12BrN3O2S/c1-7-11(13(18)19)12(17-8(2)16-7)20-6-10-4-3-9(14)5-15-10/h3-5H,6H2,1-2H3,(H,18,19). The lowest BCUT2D eigenvalue weighted by Crippen LogP contribution is -2.08. The molecule has 2 heterocycles. The molecule has 0 saturated carbocycles. The van der Waals surface area contributed by atoms with Crippen LogP contribution >= 0.6 is 27.7 Å². The molecule has 0 spiro atoms. The number of thioether (sulfide) groups is 1. The fourth-order valence-corrected chi connectivity index (χ4v) is 2.93. The fraction of sp³-hybridized carbons (Fsp3) is 0.231. The molecular weight excluding hydrogens is 342 g/mol. The number of aromatic nitrogens is 3. The summed E-state index contributed by atoms with van der Waals surface area (Å²) in [4.78, 5) is 23.9. The zero-order chi connectivity index (χ0) is 14.7. The van der Waals surface area contributed by atoms with Crippen molar-refractivity contribution in [3.8, 4) is 0 Å². The normalized spacial score (nSPS) is 10.6. The van der Waals surface area contributed by atoms with Crippen LogP contribution in [0, 0.1) is 13.8 Å². The molecule has 0 bridgehead atoms. The van der Waals surface area contributed by atoms with E-state index in [0.717, 1.165) is 10.2 Å². The number of carbonyl (C=O) groups is 1. The Balaban J connectivity index is 2.24. The van der Waals surface area contributed by atoms with Crippen LogP contribution in [0.2, 0.25) is 0 Å². The summed E-state index contributed by atoms with van der Waals surface area (Å²) in [6.07, 6.45) is 1.71. The van der Waals surface area contributed by atoms with Crippen molar-refractivity contribution >= 4 is 33.7 Å². The van der Waals surface area contributed by atoms with Gasteiger partial charge in [-0.2, -0.15) is 0 Å². The summed E-state index contributed by atoms with van der Waals surface area (Å²) in [5.41, 5.74) is 1.51. The number of aromatic carboxylic acids is 1.